The van der Waals surface area contributed by atoms with E-state index in [9.17, 15) is 24.0 Å². The summed E-state index contributed by atoms with van der Waals surface area (Å²) < 4.78 is 6.02. The summed E-state index contributed by atoms with van der Waals surface area (Å²) in [6, 6.07) is 9.73. The van der Waals surface area contributed by atoms with Gasteiger partial charge in [-0.3, -0.25) is 23.7 Å². The molecule has 11 heteroatoms. The molecule has 176 valence electrons. The highest BCUT2D eigenvalue weighted by molar-refractivity contribution is 5.97. The van der Waals surface area contributed by atoms with Gasteiger partial charge in [0.1, 0.15) is 11.3 Å². The molecule has 2 aromatic heterocycles. The van der Waals surface area contributed by atoms with Gasteiger partial charge in [0.15, 0.2) is 0 Å². The van der Waals surface area contributed by atoms with E-state index < -0.39 is 17.2 Å². The molecule has 0 atom stereocenters. The maximum absolute atomic E-state index is 12.6. The average Bonchev–Trinajstić information content (AvgIpc) is 3.56. The molecule has 1 aliphatic carbocycles. The van der Waals surface area contributed by atoms with Crippen molar-refractivity contribution in [2.24, 2.45) is 5.92 Å². The van der Waals surface area contributed by atoms with Gasteiger partial charge >= 0.3 is 5.69 Å². The van der Waals surface area contributed by atoms with Crippen LogP contribution in [0.25, 0.3) is 0 Å². The zero-order valence-corrected chi connectivity index (χ0v) is 18.1. The van der Waals surface area contributed by atoms with Crippen LogP contribution in [-0.4, -0.2) is 40.4 Å². The summed E-state index contributed by atoms with van der Waals surface area (Å²) in [6.45, 7) is 0.0763. The first-order chi connectivity index (χ1) is 16.4. The van der Waals surface area contributed by atoms with Gasteiger partial charge in [-0.05, 0) is 49.2 Å². The molecule has 1 fully saturated rings. The summed E-state index contributed by atoms with van der Waals surface area (Å²) >= 11 is 0. The molecule has 34 heavy (non-hydrogen) atoms. The fraction of sp³-hybridized carbons (Fsp3) is 0.261. The third-order valence-electron chi connectivity index (χ3n) is 5.26. The van der Waals surface area contributed by atoms with Gasteiger partial charge in [0, 0.05) is 36.5 Å². The normalized spacial score (nSPS) is 12.7. The lowest BCUT2D eigenvalue weighted by molar-refractivity contribution is -0.117. The number of hydrogen-bond acceptors (Lipinski definition) is 6. The fourth-order valence-corrected chi connectivity index (χ4v) is 3.22. The van der Waals surface area contributed by atoms with Crippen LogP contribution in [-0.2, 0) is 11.3 Å². The smallest absolute Gasteiger partial charge is 0.328 e. The predicted molar refractivity (Wildman–Crippen MR) is 122 cm³/mol. The number of rotatable bonds is 9. The highest BCUT2D eigenvalue weighted by Gasteiger charge is 2.29. The molecule has 11 nitrogen and oxygen atoms in total. The minimum absolute atomic E-state index is 0.0110. The van der Waals surface area contributed by atoms with E-state index in [4.69, 9.17) is 4.42 Å². The molecule has 1 aromatic carbocycles. The minimum atomic E-state index is -0.754. The van der Waals surface area contributed by atoms with E-state index >= 15 is 0 Å². The molecule has 0 spiro atoms. The number of benzene rings is 1. The number of furan rings is 1. The zero-order chi connectivity index (χ0) is 24.1. The van der Waals surface area contributed by atoms with Crippen LogP contribution in [0.5, 0.6) is 0 Å². The SMILES string of the molecule is O=C(NCCNC(=O)c1c[nH]c(=O)n(Cc2ccco2)c1=O)c1ccc(NC(=O)C2CC2)cc1. The van der Waals surface area contributed by atoms with E-state index in [1.807, 2.05) is 0 Å². The van der Waals surface area contributed by atoms with Crippen LogP contribution in [0.4, 0.5) is 5.69 Å². The van der Waals surface area contributed by atoms with Crippen LogP contribution in [0.15, 0.2) is 62.9 Å². The van der Waals surface area contributed by atoms with Gasteiger partial charge in [-0.2, -0.15) is 0 Å². The highest BCUT2D eigenvalue weighted by Crippen LogP contribution is 2.30. The standard InChI is InChI=1S/C23H23N5O6/c29-19(14-5-7-16(8-6-14)27-20(30)15-3-4-15)24-9-10-25-21(31)18-12-26-23(33)28(22(18)32)13-17-2-1-11-34-17/h1-2,5-8,11-12,15H,3-4,9-10,13H2,(H,24,29)(H,25,31)(H,26,33)(H,27,30). The van der Waals surface area contributed by atoms with Crippen molar-refractivity contribution >= 4 is 23.4 Å². The summed E-state index contributed by atoms with van der Waals surface area (Å²) in [4.78, 5) is 63.4. The molecule has 4 N–H and O–H groups in total. The monoisotopic (exact) mass is 465 g/mol. The summed E-state index contributed by atoms with van der Waals surface area (Å²) in [7, 11) is 0. The second kappa shape index (κ2) is 10.0. The quantitative estimate of drug-likeness (QED) is 0.341. The Kier molecular flexibility index (Phi) is 6.72. The van der Waals surface area contributed by atoms with E-state index in [1.54, 1.807) is 36.4 Å². The maximum atomic E-state index is 12.6. The van der Waals surface area contributed by atoms with Crippen molar-refractivity contribution in [2.75, 3.05) is 18.4 Å². The van der Waals surface area contributed by atoms with Gasteiger partial charge < -0.3 is 25.4 Å². The summed E-state index contributed by atoms with van der Waals surface area (Å²) in [5.41, 5.74) is -0.628. The van der Waals surface area contributed by atoms with Crippen LogP contribution in [0.1, 0.15) is 39.3 Å². The Morgan fingerprint density at radius 1 is 1.00 bits per heavy atom. The number of carbonyl (C=O) groups excluding carboxylic acids is 3. The number of aromatic nitrogens is 2. The maximum Gasteiger partial charge on any atom is 0.328 e. The zero-order valence-electron chi connectivity index (χ0n) is 18.1. The summed E-state index contributed by atoms with van der Waals surface area (Å²) in [5.74, 6) is -0.554. The summed E-state index contributed by atoms with van der Waals surface area (Å²) in [5, 5.41) is 8.01. The first-order valence-corrected chi connectivity index (χ1v) is 10.7. The molecule has 0 unspecified atom stereocenters. The average molecular weight is 465 g/mol. The van der Waals surface area contributed by atoms with Gasteiger partial charge in [0.2, 0.25) is 5.91 Å². The van der Waals surface area contributed by atoms with Crippen LogP contribution >= 0.6 is 0 Å². The van der Waals surface area contributed by atoms with E-state index in [0.717, 1.165) is 23.6 Å². The van der Waals surface area contributed by atoms with Crippen LogP contribution in [0, 0.1) is 5.92 Å². The van der Waals surface area contributed by atoms with Gasteiger partial charge in [0.05, 0.1) is 12.8 Å². The number of anilines is 1. The number of hydrogen-bond donors (Lipinski definition) is 4. The Labute approximate surface area is 193 Å². The fourth-order valence-electron chi connectivity index (χ4n) is 3.22. The molecular weight excluding hydrogens is 442 g/mol. The Balaban J connectivity index is 1.27. The molecule has 3 aromatic rings. The van der Waals surface area contributed by atoms with Crippen LogP contribution in [0.3, 0.4) is 0 Å². The second-order valence-electron chi connectivity index (χ2n) is 7.83. The Hall–Kier alpha value is -4.41. The lowest BCUT2D eigenvalue weighted by atomic mass is 10.2. The van der Waals surface area contributed by atoms with E-state index in [1.165, 1.54) is 6.26 Å². The van der Waals surface area contributed by atoms with Crippen molar-refractivity contribution in [1.29, 1.82) is 0 Å². The van der Waals surface area contributed by atoms with Crippen molar-refractivity contribution in [3.8, 4) is 0 Å². The number of carbonyl (C=O) groups is 3. The predicted octanol–water partition coefficient (Wildman–Crippen LogP) is 0.686. The van der Waals surface area contributed by atoms with Crippen molar-refractivity contribution in [3.05, 3.63) is 86.6 Å². The van der Waals surface area contributed by atoms with E-state index in [2.05, 4.69) is 20.9 Å². The highest BCUT2D eigenvalue weighted by atomic mass is 16.3. The van der Waals surface area contributed by atoms with Crippen LogP contribution < -0.4 is 27.2 Å². The number of H-pyrrole nitrogens is 1. The molecule has 3 amide bonds. The number of nitrogens with zero attached hydrogens (tertiary/aromatic N) is 1. The van der Waals surface area contributed by atoms with Gasteiger partial charge in [-0.25, -0.2) is 4.79 Å². The molecule has 1 saturated carbocycles. The van der Waals surface area contributed by atoms with Crippen molar-refractivity contribution in [3.63, 3.8) is 0 Å². The third kappa shape index (κ3) is 5.49. The molecule has 4 rings (SSSR count). The largest absolute Gasteiger partial charge is 0.467 e. The first kappa shape index (κ1) is 22.8. The third-order valence-corrected chi connectivity index (χ3v) is 5.26. The Bertz CT molecular complexity index is 1300. The molecule has 0 radical (unpaired) electrons. The molecule has 0 saturated heterocycles. The summed E-state index contributed by atoms with van der Waals surface area (Å²) in [6.07, 6.45) is 4.29. The van der Waals surface area contributed by atoms with Gasteiger partial charge in [-0.1, -0.05) is 0 Å². The lowest BCUT2D eigenvalue weighted by Crippen LogP contribution is -2.42. The minimum Gasteiger partial charge on any atom is -0.467 e. The van der Waals surface area contributed by atoms with Gasteiger partial charge in [0.25, 0.3) is 17.4 Å². The first-order valence-electron chi connectivity index (χ1n) is 10.7. The second-order valence-corrected chi connectivity index (χ2v) is 7.83. The van der Waals surface area contributed by atoms with E-state index in [0.29, 0.717) is 17.0 Å². The van der Waals surface area contributed by atoms with Crippen molar-refractivity contribution in [2.45, 2.75) is 19.4 Å². The Morgan fingerprint density at radius 2 is 1.71 bits per heavy atom. The molecule has 1 aliphatic rings. The Morgan fingerprint density at radius 3 is 2.35 bits per heavy atom. The van der Waals surface area contributed by atoms with Crippen LogP contribution in [0.2, 0.25) is 0 Å². The lowest BCUT2D eigenvalue weighted by Gasteiger charge is -2.09. The van der Waals surface area contributed by atoms with Crippen molar-refractivity contribution in [1.82, 2.24) is 20.2 Å². The van der Waals surface area contributed by atoms with Crippen molar-refractivity contribution < 1.29 is 18.8 Å². The van der Waals surface area contributed by atoms with Gasteiger partial charge in [-0.15, -0.1) is 0 Å². The molecular formula is C23H23N5O6. The molecule has 0 aliphatic heterocycles. The molecule has 0 bridgehead atoms. The number of amides is 3. The number of aromatic amines is 1. The topological polar surface area (TPSA) is 155 Å². The molecule has 2 heterocycles. The van der Waals surface area contributed by atoms with E-state index in [-0.39, 0.29) is 42.9 Å². The number of nitrogens with one attached hydrogen (secondary N) is 4.